The van der Waals surface area contributed by atoms with Crippen molar-refractivity contribution >= 4 is 22.1 Å². The number of para-hydroxylation sites is 4. The summed E-state index contributed by atoms with van der Waals surface area (Å²) in [6, 6.07) is 80.3. The van der Waals surface area contributed by atoms with E-state index in [0.29, 0.717) is 11.6 Å². The van der Waals surface area contributed by atoms with E-state index in [1.54, 1.807) is 0 Å². The van der Waals surface area contributed by atoms with Gasteiger partial charge in [-0.05, 0) is 94.0 Å². The summed E-state index contributed by atoms with van der Waals surface area (Å²) in [6.45, 7) is 0. The fraction of sp³-hybridized carbons (Fsp3) is 0.0294. The van der Waals surface area contributed by atoms with Crippen molar-refractivity contribution in [1.82, 2.24) is 39.9 Å². The summed E-state index contributed by atoms with van der Waals surface area (Å²) in [5, 5.41) is 0. The van der Waals surface area contributed by atoms with Gasteiger partial charge in [0.25, 0.3) is 0 Å². The van der Waals surface area contributed by atoms with Gasteiger partial charge in [-0.15, -0.1) is 0 Å². The first-order valence-electron chi connectivity index (χ1n) is 25.5. The molecular weight excluding hydrogens is 929 g/mol. The Kier molecular flexibility index (Phi) is 10.2. The van der Waals surface area contributed by atoms with E-state index in [4.69, 9.17) is 39.9 Å². The van der Waals surface area contributed by atoms with Crippen LogP contribution < -0.4 is 0 Å². The Balaban J connectivity index is 0.825. The van der Waals surface area contributed by atoms with Gasteiger partial charge in [-0.2, -0.15) is 0 Å². The third kappa shape index (κ3) is 7.54. The van der Waals surface area contributed by atoms with Crippen molar-refractivity contribution < 1.29 is 0 Å². The van der Waals surface area contributed by atoms with Crippen molar-refractivity contribution in [3.05, 3.63) is 276 Å². The Morgan fingerprint density at radius 1 is 0.211 bits per heavy atom. The minimum Gasteiger partial charge on any atom is -0.252 e. The molecule has 0 aliphatic heterocycles. The standard InChI is InChI=1S/C68H42N8/c1-3-15-41(16-4-1)67-73-59(43-19-13-21-45(33-43)63-39-69-55-25-9-11-27-57(55)71-63)37-61(75-67)47-29-31-51-53(35-47)65-49-23-7-8-24-50(49)66(51)54-36-48(30-32-52(54)65)62-38-60(74-68(76-62)42-17-5-2-6-18-42)44-20-14-22-46(34-44)64-40-70-56-26-10-12-28-58(56)72-64/h1-40,65-66H. The Hall–Kier alpha value is -10.2. The van der Waals surface area contributed by atoms with Crippen LogP contribution in [0, 0.1) is 0 Å². The average molecular weight is 971 g/mol. The van der Waals surface area contributed by atoms with Crippen molar-refractivity contribution in [3.8, 4) is 90.3 Å². The molecule has 76 heavy (non-hydrogen) atoms. The zero-order valence-corrected chi connectivity index (χ0v) is 40.8. The molecule has 0 N–H and O–H groups in total. The van der Waals surface area contributed by atoms with E-state index in [2.05, 4.69) is 146 Å². The molecule has 3 aliphatic rings. The molecule has 0 saturated heterocycles. The van der Waals surface area contributed by atoms with Crippen molar-refractivity contribution in [3.63, 3.8) is 0 Å². The Morgan fingerprint density at radius 2 is 0.539 bits per heavy atom. The lowest BCUT2D eigenvalue weighted by Gasteiger charge is -2.42. The maximum atomic E-state index is 5.30. The molecule has 9 aromatic carbocycles. The Bertz CT molecular complexity index is 4160. The molecule has 0 radical (unpaired) electrons. The van der Waals surface area contributed by atoms with Crippen LogP contribution >= 0.6 is 0 Å². The molecule has 8 nitrogen and oxygen atoms in total. The summed E-state index contributed by atoms with van der Waals surface area (Å²) in [5.41, 5.74) is 24.2. The molecule has 4 heterocycles. The van der Waals surface area contributed by atoms with E-state index in [9.17, 15) is 0 Å². The first-order valence-corrected chi connectivity index (χ1v) is 25.5. The quantitative estimate of drug-likeness (QED) is 0.148. The second-order valence-corrected chi connectivity index (χ2v) is 19.5. The highest BCUT2D eigenvalue weighted by Crippen LogP contribution is 2.57. The lowest BCUT2D eigenvalue weighted by molar-refractivity contribution is 0.755. The molecule has 16 rings (SSSR count). The number of hydrogen-bond acceptors (Lipinski definition) is 8. The van der Waals surface area contributed by atoms with Gasteiger partial charge in [-0.1, -0.05) is 170 Å². The molecule has 0 saturated carbocycles. The van der Waals surface area contributed by atoms with Crippen LogP contribution in [0.15, 0.2) is 243 Å². The average Bonchev–Trinajstić information content (AvgIpc) is 3.52. The van der Waals surface area contributed by atoms with Crippen LogP contribution in [-0.4, -0.2) is 39.9 Å². The molecular formula is C68H42N8. The molecule has 0 amide bonds. The number of fused-ring (bicyclic) bond motifs is 2. The topological polar surface area (TPSA) is 103 Å². The number of aromatic nitrogens is 8. The normalized spacial score (nSPS) is 14.1. The third-order valence-corrected chi connectivity index (χ3v) is 14.9. The minimum atomic E-state index is 0.0247. The fourth-order valence-electron chi connectivity index (χ4n) is 11.3. The van der Waals surface area contributed by atoms with Crippen molar-refractivity contribution in [2.45, 2.75) is 11.8 Å². The molecule has 3 aliphatic carbocycles. The molecule has 2 atom stereocenters. The fourth-order valence-corrected chi connectivity index (χ4v) is 11.3. The lowest BCUT2D eigenvalue weighted by Crippen LogP contribution is -2.27. The van der Waals surface area contributed by atoms with Gasteiger partial charge in [0.2, 0.25) is 0 Å². The molecule has 13 aromatic rings. The summed E-state index contributed by atoms with van der Waals surface area (Å²) in [6.07, 6.45) is 3.69. The van der Waals surface area contributed by atoms with Crippen LogP contribution in [0.5, 0.6) is 0 Å². The largest absolute Gasteiger partial charge is 0.252 e. The SMILES string of the molecule is c1ccc(-c2nc(-c3cccc(-c4cnc5ccccc5n4)c3)cc(-c3ccc4c(c3)C3c5ccccc5C4c4cc(-c5cc(-c6cccc(-c7cnc8ccccc8n7)c6)nc(-c6ccccc6)n5)ccc43)n2)cc1. The van der Waals surface area contributed by atoms with E-state index in [1.165, 1.54) is 33.4 Å². The molecule has 8 heteroatoms. The Morgan fingerprint density at radius 3 is 0.961 bits per heavy atom. The van der Waals surface area contributed by atoms with Crippen LogP contribution in [-0.2, 0) is 0 Å². The van der Waals surface area contributed by atoms with E-state index in [-0.39, 0.29) is 11.8 Å². The van der Waals surface area contributed by atoms with Crippen LogP contribution in [0.1, 0.15) is 45.2 Å². The summed E-state index contributed by atoms with van der Waals surface area (Å²) >= 11 is 0. The van der Waals surface area contributed by atoms with Crippen LogP contribution in [0.4, 0.5) is 0 Å². The van der Waals surface area contributed by atoms with Crippen molar-refractivity contribution in [1.29, 1.82) is 0 Å². The minimum absolute atomic E-state index is 0.0247. The van der Waals surface area contributed by atoms with Gasteiger partial charge >= 0.3 is 0 Å². The predicted octanol–water partition coefficient (Wildman–Crippen LogP) is 15.5. The van der Waals surface area contributed by atoms with E-state index in [1.807, 2.05) is 97.3 Å². The highest BCUT2D eigenvalue weighted by molar-refractivity contribution is 5.83. The molecule has 354 valence electrons. The molecule has 0 spiro atoms. The summed E-state index contributed by atoms with van der Waals surface area (Å²) in [5.74, 6) is 1.39. The predicted molar refractivity (Wildman–Crippen MR) is 302 cm³/mol. The van der Waals surface area contributed by atoms with Crippen LogP contribution in [0.25, 0.3) is 112 Å². The third-order valence-electron chi connectivity index (χ3n) is 14.9. The summed E-state index contributed by atoms with van der Waals surface area (Å²) in [4.78, 5) is 40.4. The Labute approximate surface area is 438 Å². The van der Waals surface area contributed by atoms with Gasteiger partial charge in [0.1, 0.15) is 0 Å². The van der Waals surface area contributed by atoms with Gasteiger partial charge < -0.3 is 0 Å². The zero-order valence-electron chi connectivity index (χ0n) is 40.8. The number of rotatable bonds is 8. The van der Waals surface area contributed by atoms with Gasteiger partial charge in [0, 0.05) is 56.3 Å². The maximum absolute atomic E-state index is 5.30. The van der Waals surface area contributed by atoms with Crippen LogP contribution in [0.3, 0.4) is 0 Å². The number of nitrogens with zero attached hydrogens (tertiary/aromatic N) is 8. The highest BCUT2D eigenvalue weighted by atomic mass is 14.9. The van der Waals surface area contributed by atoms with E-state index in [0.717, 1.165) is 101 Å². The van der Waals surface area contributed by atoms with Gasteiger partial charge in [-0.25, -0.2) is 29.9 Å². The van der Waals surface area contributed by atoms with E-state index >= 15 is 0 Å². The van der Waals surface area contributed by atoms with Crippen LogP contribution in [0.2, 0.25) is 0 Å². The first kappa shape index (κ1) is 43.4. The van der Waals surface area contributed by atoms with Crippen molar-refractivity contribution in [2.75, 3.05) is 0 Å². The smallest absolute Gasteiger partial charge is 0.160 e. The second-order valence-electron chi connectivity index (χ2n) is 19.5. The molecule has 0 fully saturated rings. The van der Waals surface area contributed by atoms with Gasteiger partial charge in [0.15, 0.2) is 11.6 Å². The summed E-state index contributed by atoms with van der Waals surface area (Å²) < 4.78 is 0. The summed E-state index contributed by atoms with van der Waals surface area (Å²) in [7, 11) is 0. The van der Waals surface area contributed by atoms with E-state index < -0.39 is 0 Å². The van der Waals surface area contributed by atoms with Gasteiger partial charge in [-0.3, -0.25) is 9.97 Å². The highest BCUT2D eigenvalue weighted by Gasteiger charge is 2.41. The second kappa shape index (κ2) is 17.8. The lowest BCUT2D eigenvalue weighted by atomic mass is 9.60. The maximum Gasteiger partial charge on any atom is 0.160 e. The van der Waals surface area contributed by atoms with Crippen molar-refractivity contribution in [2.24, 2.45) is 0 Å². The number of benzene rings is 9. The molecule has 2 unspecified atom stereocenters. The first-order chi connectivity index (χ1) is 37.6. The van der Waals surface area contributed by atoms with Gasteiger partial charge in [0.05, 0.1) is 68.6 Å². The monoisotopic (exact) mass is 970 g/mol. The zero-order chi connectivity index (χ0) is 50.1. The number of hydrogen-bond donors (Lipinski definition) is 0. The molecule has 2 bridgehead atoms. The molecule has 4 aromatic heterocycles.